The third-order valence-electron chi connectivity index (χ3n) is 0. The summed E-state index contributed by atoms with van der Waals surface area (Å²) in [6.45, 7) is 0. The zero-order chi connectivity index (χ0) is 0. The van der Waals surface area contributed by atoms with E-state index in [1.165, 1.54) is 0 Å². The Labute approximate surface area is 156 Å². The van der Waals surface area contributed by atoms with Gasteiger partial charge in [-0.15, -0.1) is 0 Å². The fraction of sp³-hybridized carbons (Fsp3) is 0. The minimum absolute atomic E-state index is 0. The van der Waals surface area contributed by atoms with Crippen LogP contribution in [0.25, 0.3) is 0 Å². The van der Waals surface area contributed by atoms with E-state index in [4.69, 9.17) is 0 Å². The first kappa shape index (κ1) is 95.7. The Morgan fingerprint density at radius 3 is 0.222 bits per heavy atom. The third-order valence-corrected chi connectivity index (χ3v) is 0. The maximum absolute atomic E-state index is 0. The van der Waals surface area contributed by atoms with Gasteiger partial charge in [0.05, 0.1) is 0 Å². The quantitative estimate of drug-likeness (QED) is 0.238. The van der Waals surface area contributed by atoms with Crippen molar-refractivity contribution in [2.45, 2.75) is 0 Å². The smallest absolute Gasteiger partial charge is 2.00 e. The van der Waals surface area contributed by atoms with Crippen molar-refractivity contribution in [3.63, 3.8) is 0 Å². The van der Waals surface area contributed by atoms with Crippen LogP contribution in [-0.4, -0.2) is 119 Å². The van der Waals surface area contributed by atoms with Crippen molar-refractivity contribution < 1.29 is 40.2 Å². The summed E-state index contributed by atoms with van der Waals surface area (Å²) < 4.78 is 0. The Balaban J connectivity index is 0. The second kappa shape index (κ2) is 75.7. The summed E-state index contributed by atoms with van der Waals surface area (Å²) in [4.78, 5) is 0. The molecule has 0 N–H and O–H groups in total. The van der Waals surface area contributed by atoms with E-state index in [0.29, 0.717) is 0 Å². The van der Waals surface area contributed by atoms with E-state index in [1.807, 2.05) is 0 Å². The van der Waals surface area contributed by atoms with Gasteiger partial charge in [-0.3, -0.25) is 0 Å². The molecule has 0 spiro atoms. The van der Waals surface area contributed by atoms with E-state index >= 15 is 0 Å². The normalized spacial score (nSPS) is 0. The summed E-state index contributed by atoms with van der Waals surface area (Å²) in [5, 5.41) is 0. The Kier molecular flexibility index (Phi) is 805. The summed E-state index contributed by atoms with van der Waals surface area (Å²) in [6.07, 6.45) is 0. The van der Waals surface area contributed by atoms with E-state index < -0.39 is 0 Å². The molecule has 0 fully saturated rings. The molecule has 0 aliphatic carbocycles. The van der Waals surface area contributed by atoms with Gasteiger partial charge in [-0.2, -0.15) is 0 Å². The van der Waals surface area contributed by atoms with E-state index in [1.54, 1.807) is 0 Å². The van der Waals surface area contributed by atoms with Crippen LogP contribution in [0, 0.1) is 0 Å². The van der Waals surface area contributed by atoms with E-state index in [-0.39, 0.29) is 160 Å². The molecule has 0 bridgehead atoms. The molecule has 9 heavy (non-hydrogen) atoms. The van der Waals surface area contributed by atoms with Gasteiger partial charge in [0.25, 0.3) is 0 Å². The first-order chi connectivity index (χ1) is 0. The monoisotopic (exact) mass is 753 g/mol. The van der Waals surface area contributed by atoms with Crippen LogP contribution in [0.5, 0.6) is 0 Å². The molecule has 0 amide bonds. The fourth-order valence-corrected chi connectivity index (χ4v) is 0. The first-order valence-corrected chi connectivity index (χ1v) is 0. The Hall–Kier alpha value is 4.94. The zero-order valence-electron chi connectivity index (χ0n) is 3.61. The molecule has 0 atom stereocenters. The van der Waals surface area contributed by atoms with Crippen LogP contribution in [-0.2, 0) is 40.2 Å². The van der Waals surface area contributed by atoms with Gasteiger partial charge in [0.1, 0.15) is 0 Å². The molecule has 56 valence electrons. The first-order valence-electron chi connectivity index (χ1n) is 0. The van der Waals surface area contributed by atoms with Gasteiger partial charge in [-0.25, -0.2) is 0 Å². The Bertz CT molecular complexity index is 6.88. The molecule has 0 rings (SSSR count). The fourth-order valence-electron chi connectivity index (χ4n) is 0. The molecule has 0 aromatic rings. The van der Waals surface area contributed by atoms with Crippen LogP contribution in [0.15, 0.2) is 0 Å². The molecule has 0 heterocycles. The largest absolute Gasteiger partial charge is 7.00 e. The Morgan fingerprint density at radius 1 is 0.222 bits per heavy atom. The van der Waals surface area contributed by atoms with Crippen molar-refractivity contribution in [3.05, 3.63) is 0 Å². The summed E-state index contributed by atoms with van der Waals surface area (Å²) >= 11 is 0. The molecular weight excluding hydrogens is 749 g/mol. The van der Waals surface area contributed by atoms with Gasteiger partial charge in [-0.1, -0.05) is 0 Å². The summed E-state index contributed by atoms with van der Waals surface area (Å²) in [5.41, 5.74) is 0. The summed E-state index contributed by atoms with van der Waals surface area (Å²) in [5.74, 6) is 0. The van der Waals surface area contributed by atoms with E-state index in [0.717, 1.165) is 0 Å². The number of hydrogen-bond donors (Lipinski definition) is 0. The van der Waals surface area contributed by atoms with Gasteiger partial charge < -0.3 is 119 Å². The average Bonchev–Trinajstić information content (AvgIpc) is 0. The summed E-state index contributed by atoms with van der Waals surface area (Å²) in [6, 6.07) is 0. The molecule has 0 saturated heterocycles. The molecule has 0 nitrogen and oxygen atoms in total. The third kappa shape index (κ3) is 63.5. The Morgan fingerprint density at radius 2 is 0.222 bits per heavy atom. The van der Waals surface area contributed by atoms with Gasteiger partial charge in [-0.05, 0) is 0 Å². The molecule has 0 saturated carbocycles. The van der Waals surface area contributed by atoms with E-state index in [2.05, 4.69) is 0 Å². The van der Waals surface area contributed by atoms with Crippen LogP contribution in [0.4, 0.5) is 0 Å². The summed E-state index contributed by atoms with van der Waals surface area (Å²) in [7, 11) is 0. The van der Waals surface area contributed by atoms with Gasteiger partial charge in [0, 0.05) is 0 Å². The van der Waals surface area contributed by atoms with Gasteiger partial charge in [0.2, 0.25) is 0 Å². The van der Waals surface area contributed by atoms with Crippen molar-refractivity contribution in [1.29, 1.82) is 0 Å². The van der Waals surface area contributed by atoms with Crippen molar-refractivity contribution in [1.82, 2.24) is 0 Å². The SMILES string of the molecule is [Se-2].[Se-2].[Se-2].[Se-2].[Se-2].[Se-2].[Se-2].[Tc+7].[Tc+7]. The second-order valence-electron chi connectivity index (χ2n) is 0. The molecule has 0 radical (unpaired) electrons. The maximum atomic E-state index is 0. The molecule has 0 unspecified atom stereocenters. The topological polar surface area (TPSA) is 0 Å². The van der Waals surface area contributed by atoms with Crippen molar-refractivity contribution in [2.24, 2.45) is 0 Å². The van der Waals surface area contributed by atoms with Crippen molar-refractivity contribution in [3.8, 4) is 0 Å². The van der Waals surface area contributed by atoms with E-state index in [9.17, 15) is 0 Å². The van der Waals surface area contributed by atoms with Crippen LogP contribution < -0.4 is 0 Å². The molecule has 9 heteroatoms. The minimum atomic E-state index is 0. The van der Waals surface area contributed by atoms with Crippen LogP contribution in [0.1, 0.15) is 0 Å². The average molecular weight is 749 g/mol. The maximum Gasteiger partial charge on any atom is 7.00 e. The molecular formula is Se7Tc2. The minimum Gasteiger partial charge on any atom is -2.00 e. The second-order valence-corrected chi connectivity index (χ2v) is 0. The predicted molar refractivity (Wildman–Crippen MR) is 40.3 cm³/mol. The van der Waals surface area contributed by atoms with Crippen molar-refractivity contribution in [2.75, 3.05) is 0 Å². The predicted octanol–water partition coefficient (Wildman–Crippen LogP) is -2.67. The zero-order valence-corrected chi connectivity index (χ0v) is 19.3. The van der Waals surface area contributed by atoms with Gasteiger partial charge >= 0.3 is 40.2 Å². The number of rotatable bonds is 0. The van der Waals surface area contributed by atoms with Crippen LogP contribution in [0.2, 0.25) is 0 Å². The molecule has 0 aromatic carbocycles. The number of hydrogen-bond acceptors (Lipinski definition) is 0. The van der Waals surface area contributed by atoms with Crippen LogP contribution >= 0.6 is 0 Å². The molecule has 0 aliphatic heterocycles. The van der Waals surface area contributed by atoms with Crippen LogP contribution in [0.3, 0.4) is 0 Å². The molecule has 0 aromatic heterocycles. The van der Waals surface area contributed by atoms with Crippen molar-refractivity contribution >= 4 is 119 Å². The standard InChI is InChI=1S/7Se.2Tc/q7*-2;2*+7. The van der Waals surface area contributed by atoms with Gasteiger partial charge in [0.15, 0.2) is 0 Å². The molecule has 0 aliphatic rings.